The number of nitrogens with one attached hydrogen (secondary N) is 1. The van der Waals surface area contributed by atoms with Crippen molar-refractivity contribution in [1.82, 2.24) is 5.32 Å². The molecule has 0 radical (unpaired) electrons. The lowest BCUT2D eigenvalue weighted by Crippen LogP contribution is -2.36. The van der Waals surface area contributed by atoms with Crippen LogP contribution in [0.4, 0.5) is 4.39 Å². The van der Waals surface area contributed by atoms with E-state index < -0.39 is 5.67 Å². The first-order valence-electron chi connectivity index (χ1n) is 4.90. The zero-order valence-corrected chi connectivity index (χ0v) is 7.96. The summed E-state index contributed by atoms with van der Waals surface area (Å²) < 4.78 is 14.3. The van der Waals surface area contributed by atoms with Gasteiger partial charge >= 0.3 is 0 Å². The molecule has 1 aromatic carbocycles. The first kappa shape index (κ1) is 9.46. The minimum absolute atomic E-state index is 0.137. The molecule has 1 aliphatic rings. The van der Waals surface area contributed by atoms with E-state index in [4.69, 9.17) is 0 Å². The topological polar surface area (TPSA) is 32.3 Å². The monoisotopic (exact) mass is 195 g/mol. The summed E-state index contributed by atoms with van der Waals surface area (Å²) in [6, 6.07) is 6.51. The van der Waals surface area contributed by atoms with E-state index in [1.54, 1.807) is 18.2 Å². The highest BCUT2D eigenvalue weighted by Gasteiger charge is 2.33. The van der Waals surface area contributed by atoms with Gasteiger partial charge in [0.15, 0.2) is 0 Å². The van der Waals surface area contributed by atoms with Gasteiger partial charge in [-0.1, -0.05) is 12.1 Å². The summed E-state index contributed by atoms with van der Waals surface area (Å²) >= 11 is 0. The molecule has 1 aromatic rings. The van der Waals surface area contributed by atoms with Gasteiger partial charge < -0.3 is 10.4 Å². The average molecular weight is 195 g/mol. The third-order valence-corrected chi connectivity index (χ3v) is 2.76. The quantitative estimate of drug-likeness (QED) is 0.717. The second-order valence-corrected chi connectivity index (χ2v) is 3.77. The van der Waals surface area contributed by atoms with Gasteiger partial charge in [-0.05, 0) is 43.6 Å². The molecule has 76 valence electrons. The van der Waals surface area contributed by atoms with E-state index in [0.29, 0.717) is 31.5 Å². The summed E-state index contributed by atoms with van der Waals surface area (Å²) in [5.41, 5.74) is -0.664. The van der Waals surface area contributed by atoms with Gasteiger partial charge in [0.05, 0.1) is 0 Å². The fourth-order valence-corrected chi connectivity index (χ4v) is 1.90. The molecule has 0 spiro atoms. The smallest absolute Gasteiger partial charge is 0.138 e. The molecule has 0 aliphatic carbocycles. The Labute approximate surface area is 82.8 Å². The van der Waals surface area contributed by atoms with Crippen molar-refractivity contribution < 1.29 is 9.50 Å². The highest BCUT2D eigenvalue weighted by Crippen LogP contribution is 2.35. The van der Waals surface area contributed by atoms with Crippen molar-refractivity contribution in [3.8, 4) is 5.75 Å². The molecule has 2 nitrogen and oxygen atoms in total. The predicted octanol–water partition coefficient (Wildman–Crippen LogP) is 1.94. The van der Waals surface area contributed by atoms with Crippen LogP contribution in [0.15, 0.2) is 24.3 Å². The Balaban J connectivity index is 2.28. The van der Waals surface area contributed by atoms with Crippen LogP contribution in [0.25, 0.3) is 0 Å². The Kier molecular flexibility index (Phi) is 2.42. The maximum atomic E-state index is 14.3. The Morgan fingerprint density at radius 2 is 2.00 bits per heavy atom. The van der Waals surface area contributed by atoms with Crippen LogP contribution >= 0.6 is 0 Å². The molecule has 2 N–H and O–H groups in total. The van der Waals surface area contributed by atoms with E-state index in [2.05, 4.69) is 5.32 Å². The number of aromatic hydroxyl groups is 1. The molecule has 14 heavy (non-hydrogen) atoms. The van der Waals surface area contributed by atoms with Crippen LogP contribution in [0.3, 0.4) is 0 Å². The zero-order valence-electron chi connectivity index (χ0n) is 7.96. The molecule has 0 saturated carbocycles. The number of piperidine rings is 1. The van der Waals surface area contributed by atoms with Gasteiger partial charge in [-0.3, -0.25) is 0 Å². The highest BCUT2D eigenvalue weighted by atomic mass is 19.1. The van der Waals surface area contributed by atoms with Crippen molar-refractivity contribution in [3.05, 3.63) is 29.8 Å². The van der Waals surface area contributed by atoms with Crippen LogP contribution in [0.2, 0.25) is 0 Å². The lowest BCUT2D eigenvalue weighted by molar-refractivity contribution is 0.115. The van der Waals surface area contributed by atoms with Gasteiger partial charge in [0.2, 0.25) is 0 Å². The van der Waals surface area contributed by atoms with Gasteiger partial charge in [0.25, 0.3) is 0 Å². The number of phenols is 1. The van der Waals surface area contributed by atoms with Gasteiger partial charge in [-0.25, -0.2) is 4.39 Å². The molecule has 1 heterocycles. The van der Waals surface area contributed by atoms with Crippen molar-refractivity contribution in [2.24, 2.45) is 0 Å². The molecule has 0 atom stereocenters. The van der Waals surface area contributed by atoms with Crippen LogP contribution < -0.4 is 5.32 Å². The molecule has 1 fully saturated rings. The summed E-state index contributed by atoms with van der Waals surface area (Å²) in [7, 11) is 0. The standard InChI is InChI=1S/C11H14FNO/c12-11(4-6-13-7-5-11)9-2-1-3-10(14)8-9/h1-3,8,13-14H,4-7H2. The Morgan fingerprint density at radius 1 is 1.29 bits per heavy atom. The number of rotatable bonds is 1. The van der Waals surface area contributed by atoms with Gasteiger partial charge in [-0.15, -0.1) is 0 Å². The zero-order chi connectivity index (χ0) is 10.0. The van der Waals surface area contributed by atoms with Crippen molar-refractivity contribution in [2.75, 3.05) is 13.1 Å². The molecular weight excluding hydrogens is 181 g/mol. The molecule has 0 aromatic heterocycles. The lowest BCUT2D eigenvalue weighted by Gasteiger charge is -2.30. The first-order chi connectivity index (χ1) is 6.71. The highest BCUT2D eigenvalue weighted by molar-refractivity contribution is 5.31. The van der Waals surface area contributed by atoms with Crippen LogP contribution in [0.1, 0.15) is 18.4 Å². The number of hydrogen-bond acceptors (Lipinski definition) is 2. The lowest BCUT2D eigenvalue weighted by atomic mass is 9.87. The number of hydrogen-bond donors (Lipinski definition) is 2. The van der Waals surface area contributed by atoms with E-state index in [1.807, 2.05) is 0 Å². The largest absolute Gasteiger partial charge is 0.508 e. The van der Waals surface area contributed by atoms with Crippen molar-refractivity contribution in [3.63, 3.8) is 0 Å². The summed E-state index contributed by atoms with van der Waals surface area (Å²) in [5.74, 6) is 0.137. The Morgan fingerprint density at radius 3 is 2.64 bits per heavy atom. The van der Waals surface area contributed by atoms with E-state index in [9.17, 15) is 9.50 Å². The van der Waals surface area contributed by atoms with Crippen LogP contribution in [0.5, 0.6) is 5.75 Å². The maximum Gasteiger partial charge on any atom is 0.138 e. The SMILES string of the molecule is Oc1cccc(C2(F)CCNCC2)c1. The molecule has 1 aliphatic heterocycles. The van der Waals surface area contributed by atoms with Crippen LogP contribution in [0, 0.1) is 0 Å². The Bertz CT molecular complexity index is 321. The maximum absolute atomic E-state index is 14.3. The van der Waals surface area contributed by atoms with E-state index >= 15 is 0 Å². The second-order valence-electron chi connectivity index (χ2n) is 3.77. The number of phenolic OH excluding ortho intramolecular Hbond substituents is 1. The van der Waals surface area contributed by atoms with E-state index in [0.717, 1.165) is 0 Å². The number of benzene rings is 1. The normalized spacial score (nSPS) is 20.6. The third-order valence-electron chi connectivity index (χ3n) is 2.76. The minimum atomic E-state index is -1.26. The fraction of sp³-hybridized carbons (Fsp3) is 0.455. The van der Waals surface area contributed by atoms with Crippen molar-refractivity contribution >= 4 is 0 Å². The van der Waals surface area contributed by atoms with E-state index in [1.165, 1.54) is 6.07 Å². The van der Waals surface area contributed by atoms with Crippen LogP contribution in [-0.4, -0.2) is 18.2 Å². The molecule has 1 saturated heterocycles. The van der Waals surface area contributed by atoms with Crippen LogP contribution in [-0.2, 0) is 5.67 Å². The first-order valence-corrected chi connectivity index (χ1v) is 4.90. The Hall–Kier alpha value is -1.09. The van der Waals surface area contributed by atoms with Crippen molar-refractivity contribution in [1.29, 1.82) is 0 Å². The summed E-state index contributed by atoms with van der Waals surface area (Å²) in [4.78, 5) is 0. The van der Waals surface area contributed by atoms with E-state index in [-0.39, 0.29) is 5.75 Å². The van der Waals surface area contributed by atoms with Gasteiger partial charge in [-0.2, -0.15) is 0 Å². The average Bonchev–Trinajstić information content (AvgIpc) is 2.19. The molecular formula is C11H14FNO. The second kappa shape index (κ2) is 3.58. The number of halogens is 1. The van der Waals surface area contributed by atoms with Gasteiger partial charge in [0, 0.05) is 0 Å². The predicted molar refractivity (Wildman–Crippen MR) is 53.0 cm³/mol. The minimum Gasteiger partial charge on any atom is -0.508 e. The summed E-state index contributed by atoms with van der Waals surface area (Å²) in [6.45, 7) is 1.40. The molecule has 2 rings (SSSR count). The third kappa shape index (κ3) is 1.73. The van der Waals surface area contributed by atoms with Gasteiger partial charge in [0.1, 0.15) is 11.4 Å². The molecule has 0 amide bonds. The summed E-state index contributed by atoms with van der Waals surface area (Å²) in [6.07, 6.45) is 0.965. The summed E-state index contributed by atoms with van der Waals surface area (Å²) in [5, 5.41) is 12.4. The molecule has 0 bridgehead atoms. The number of alkyl halides is 1. The van der Waals surface area contributed by atoms with Crippen molar-refractivity contribution in [2.45, 2.75) is 18.5 Å². The molecule has 3 heteroatoms. The molecule has 0 unspecified atom stereocenters. The fourth-order valence-electron chi connectivity index (χ4n) is 1.90.